The Balaban J connectivity index is 2.10. The summed E-state index contributed by atoms with van der Waals surface area (Å²) in [6.45, 7) is 0.150. The number of benzene rings is 1. The molecule has 94 valence electrons. The van der Waals surface area contributed by atoms with Crippen molar-refractivity contribution in [3.05, 3.63) is 34.3 Å². The predicted octanol–water partition coefficient (Wildman–Crippen LogP) is -0.0897. The van der Waals surface area contributed by atoms with Crippen LogP contribution >= 0.6 is 0 Å². The van der Waals surface area contributed by atoms with Crippen molar-refractivity contribution < 1.29 is 18.7 Å². The minimum absolute atomic E-state index is 0.150. The highest BCUT2D eigenvalue weighted by Crippen LogP contribution is 2.11. The summed E-state index contributed by atoms with van der Waals surface area (Å²) in [5, 5.41) is 2.39. The van der Waals surface area contributed by atoms with Gasteiger partial charge in [-0.25, -0.2) is 9.59 Å². The van der Waals surface area contributed by atoms with Gasteiger partial charge in [0.05, 0.1) is 12.6 Å². The number of aromatic nitrogens is 1. The molecule has 1 aromatic heterocycles. The number of nitrogens with one attached hydrogen (secondary N) is 2. The number of methoxy groups -OCH3 is 1. The first-order valence-electron chi connectivity index (χ1n) is 5.08. The van der Waals surface area contributed by atoms with Crippen LogP contribution in [0.4, 0.5) is 0 Å². The Kier molecular flexibility index (Phi) is 3.13. The van der Waals surface area contributed by atoms with E-state index in [0.717, 1.165) is 12.7 Å². The summed E-state index contributed by atoms with van der Waals surface area (Å²) >= 11 is 0. The van der Waals surface area contributed by atoms with Gasteiger partial charge in [0.25, 0.3) is 0 Å². The number of aromatic amines is 1. The highest BCUT2D eigenvalue weighted by Gasteiger charge is 2.12. The lowest BCUT2D eigenvalue weighted by atomic mass is 10.2. The van der Waals surface area contributed by atoms with Crippen molar-refractivity contribution in [1.29, 1.82) is 0 Å². The molecule has 1 aromatic carbocycles. The summed E-state index contributed by atoms with van der Waals surface area (Å²) in [5.74, 6) is -2.31. The van der Waals surface area contributed by atoms with Gasteiger partial charge < -0.3 is 14.5 Å². The Morgan fingerprint density at radius 1 is 1.44 bits per heavy atom. The van der Waals surface area contributed by atoms with Gasteiger partial charge in [0, 0.05) is 6.54 Å². The van der Waals surface area contributed by atoms with Crippen LogP contribution in [0.15, 0.2) is 27.4 Å². The topological polar surface area (TPSA) is 101 Å². The monoisotopic (exact) mass is 250 g/mol. The second-order valence-electron chi connectivity index (χ2n) is 3.52. The first kappa shape index (κ1) is 11.9. The standard InChI is InChI=1S/C11H10N2O5/c1-17-10(15)9(14)12-5-6-2-3-8-7(4-6)13-11(16)18-8/h2-4H,5H2,1H3,(H,12,14)(H,13,16). The molecule has 2 rings (SSSR count). The number of hydrogen-bond donors (Lipinski definition) is 2. The van der Waals surface area contributed by atoms with Gasteiger partial charge in [-0.1, -0.05) is 6.07 Å². The molecule has 0 unspecified atom stereocenters. The summed E-state index contributed by atoms with van der Waals surface area (Å²) in [6.07, 6.45) is 0. The molecule has 1 amide bonds. The van der Waals surface area contributed by atoms with E-state index in [9.17, 15) is 14.4 Å². The third-order valence-electron chi connectivity index (χ3n) is 2.31. The molecule has 2 N–H and O–H groups in total. The Hall–Kier alpha value is -2.57. The Bertz CT molecular complexity index is 655. The van der Waals surface area contributed by atoms with E-state index in [4.69, 9.17) is 4.42 Å². The summed E-state index contributed by atoms with van der Waals surface area (Å²) in [4.78, 5) is 35.4. The Labute approximate surface area is 101 Å². The lowest BCUT2D eigenvalue weighted by Crippen LogP contribution is -2.31. The smallest absolute Gasteiger partial charge is 0.417 e. The highest BCUT2D eigenvalue weighted by atomic mass is 16.5. The van der Waals surface area contributed by atoms with E-state index in [1.807, 2.05) is 0 Å². The summed E-state index contributed by atoms with van der Waals surface area (Å²) in [7, 11) is 1.13. The van der Waals surface area contributed by atoms with Gasteiger partial charge in [-0.2, -0.15) is 0 Å². The third kappa shape index (κ3) is 2.40. The zero-order chi connectivity index (χ0) is 13.1. The predicted molar refractivity (Wildman–Crippen MR) is 60.7 cm³/mol. The number of ether oxygens (including phenoxy) is 1. The normalized spacial score (nSPS) is 10.3. The lowest BCUT2D eigenvalue weighted by Gasteiger charge is -2.03. The summed E-state index contributed by atoms with van der Waals surface area (Å²) in [5.41, 5.74) is 1.68. The van der Waals surface area contributed by atoms with Crippen molar-refractivity contribution in [2.45, 2.75) is 6.54 Å². The van der Waals surface area contributed by atoms with Gasteiger partial charge in [-0.3, -0.25) is 9.78 Å². The second kappa shape index (κ2) is 4.74. The quantitative estimate of drug-likeness (QED) is 0.573. The van der Waals surface area contributed by atoms with Crippen molar-refractivity contribution in [3.8, 4) is 0 Å². The molecular formula is C11H10N2O5. The van der Waals surface area contributed by atoms with E-state index in [2.05, 4.69) is 15.0 Å². The van der Waals surface area contributed by atoms with E-state index in [-0.39, 0.29) is 6.54 Å². The van der Waals surface area contributed by atoms with Crippen molar-refractivity contribution in [1.82, 2.24) is 10.3 Å². The van der Waals surface area contributed by atoms with Crippen LogP contribution in [-0.4, -0.2) is 24.0 Å². The molecular weight excluding hydrogens is 240 g/mol. The van der Waals surface area contributed by atoms with Gasteiger partial charge in [0.1, 0.15) is 0 Å². The van der Waals surface area contributed by atoms with Crippen molar-refractivity contribution >= 4 is 23.0 Å². The molecule has 0 radical (unpaired) electrons. The number of carbonyl (C=O) groups excluding carboxylic acids is 2. The molecule has 0 aliphatic rings. The minimum atomic E-state index is -0.951. The zero-order valence-corrected chi connectivity index (χ0v) is 9.48. The SMILES string of the molecule is COC(=O)C(=O)NCc1ccc2oc(=O)[nH]c2c1. The van der Waals surface area contributed by atoms with Crippen LogP contribution in [0.5, 0.6) is 0 Å². The van der Waals surface area contributed by atoms with Gasteiger partial charge >= 0.3 is 17.6 Å². The fraction of sp³-hybridized carbons (Fsp3) is 0.182. The molecule has 0 spiro atoms. The summed E-state index contributed by atoms with van der Waals surface area (Å²) < 4.78 is 9.09. The highest BCUT2D eigenvalue weighted by molar-refractivity contribution is 6.32. The number of fused-ring (bicyclic) bond motifs is 1. The second-order valence-corrected chi connectivity index (χ2v) is 3.52. The van der Waals surface area contributed by atoms with Gasteiger partial charge in [-0.05, 0) is 17.7 Å². The third-order valence-corrected chi connectivity index (χ3v) is 2.31. The first-order valence-corrected chi connectivity index (χ1v) is 5.08. The number of rotatable bonds is 2. The van der Waals surface area contributed by atoms with Crippen LogP contribution in [-0.2, 0) is 20.9 Å². The van der Waals surface area contributed by atoms with Gasteiger partial charge in [0.15, 0.2) is 5.58 Å². The average molecular weight is 250 g/mol. The molecule has 2 aromatic rings. The molecule has 0 saturated heterocycles. The number of esters is 1. The number of carbonyl (C=O) groups is 2. The van der Waals surface area contributed by atoms with Crippen LogP contribution in [0.1, 0.15) is 5.56 Å². The Morgan fingerprint density at radius 3 is 2.94 bits per heavy atom. The Morgan fingerprint density at radius 2 is 2.22 bits per heavy atom. The molecule has 1 heterocycles. The van der Waals surface area contributed by atoms with E-state index in [1.54, 1.807) is 18.2 Å². The van der Waals surface area contributed by atoms with Crippen LogP contribution in [0, 0.1) is 0 Å². The van der Waals surface area contributed by atoms with E-state index < -0.39 is 17.6 Å². The van der Waals surface area contributed by atoms with Crippen molar-refractivity contribution in [2.75, 3.05) is 7.11 Å². The zero-order valence-electron chi connectivity index (χ0n) is 9.48. The van der Waals surface area contributed by atoms with E-state index >= 15 is 0 Å². The maximum Gasteiger partial charge on any atom is 0.417 e. The largest absolute Gasteiger partial charge is 0.462 e. The fourth-order valence-electron chi connectivity index (χ4n) is 1.46. The van der Waals surface area contributed by atoms with Crippen LogP contribution in [0.25, 0.3) is 11.1 Å². The molecule has 7 nitrogen and oxygen atoms in total. The minimum Gasteiger partial charge on any atom is -0.462 e. The van der Waals surface area contributed by atoms with Crippen molar-refractivity contribution in [2.24, 2.45) is 0 Å². The maximum atomic E-state index is 11.2. The van der Waals surface area contributed by atoms with Crippen molar-refractivity contribution in [3.63, 3.8) is 0 Å². The van der Waals surface area contributed by atoms with E-state index in [0.29, 0.717) is 11.1 Å². The molecule has 0 atom stereocenters. The van der Waals surface area contributed by atoms with Gasteiger partial charge in [0.2, 0.25) is 0 Å². The number of hydrogen-bond acceptors (Lipinski definition) is 5. The average Bonchev–Trinajstić information content (AvgIpc) is 2.74. The number of H-pyrrole nitrogens is 1. The molecule has 0 bridgehead atoms. The molecule has 18 heavy (non-hydrogen) atoms. The lowest BCUT2D eigenvalue weighted by molar-refractivity contribution is -0.152. The molecule has 0 fully saturated rings. The molecule has 7 heteroatoms. The number of amides is 1. The van der Waals surface area contributed by atoms with E-state index in [1.165, 1.54) is 0 Å². The van der Waals surface area contributed by atoms with Crippen LogP contribution in [0.2, 0.25) is 0 Å². The molecule has 0 aliphatic carbocycles. The first-order chi connectivity index (χ1) is 8.60. The molecule has 0 saturated carbocycles. The number of oxazole rings is 1. The summed E-state index contributed by atoms with van der Waals surface area (Å²) in [6, 6.07) is 4.93. The van der Waals surface area contributed by atoms with Crippen LogP contribution in [0.3, 0.4) is 0 Å². The fourth-order valence-corrected chi connectivity index (χ4v) is 1.46. The molecule has 0 aliphatic heterocycles. The van der Waals surface area contributed by atoms with Crippen LogP contribution < -0.4 is 11.1 Å². The maximum absolute atomic E-state index is 11.2. The van der Waals surface area contributed by atoms with Gasteiger partial charge in [-0.15, -0.1) is 0 Å².